The largest absolute Gasteiger partial charge is 0.457 e. The Kier molecular flexibility index (Phi) is 7.94. The van der Waals surface area contributed by atoms with Gasteiger partial charge in [-0.3, -0.25) is 9.10 Å². The van der Waals surface area contributed by atoms with E-state index in [-0.39, 0.29) is 21.3 Å². The van der Waals surface area contributed by atoms with E-state index in [0.717, 1.165) is 16.4 Å². The number of hydrogen-bond donors (Lipinski definition) is 1. The van der Waals surface area contributed by atoms with Gasteiger partial charge in [0.2, 0.25) is 5.91 Å². The normalized spacial score (nSPS) is 11.6. The van der Waals surface area contributed by atoms with Gasteiger partial charge in [0.05, 0.1) is 26.9 Å². The Morgan fingerprint density at radius 1 is 0.842 bits per heavy atom. The van der Waals surface area contributed by atoms with Crippen molar-refractivity contribution in [2.45, 2.75) is 11.1 Å². The first kappa shape index (κ1) is 27.0. The first-order chi connectivity index (χ1) is 18.0. The Morgan fingerprint density at radius 2 is 1.42 bits per heavy atom. The highest BCUT2D eigenvalue weighted by molar-refractivity contribution is 7.92. The molecule has 0 aliphatic rings. The zero-order valence-corrected chi connectivity index (χ0v) is 21.1. The fraction of sp³-hybridized carbons (Fsp3) is 0.0741. The molecule has 0 unspecified atom stereocenters. The van der Waals surface area contributed by atoms with Gasteiger partial charge in [0.25, 0.3) is 10.0 Å². The summed E-state index contributed by atoms with van der Waals surface area (Å²) in [5.41, 5.74) is -1.17. The van der Waals surface area contributed by atoms with Crippen LogP contribution in [0.4, 0.5) is 24.5 Å². The highest BCUT2D eigenvalue weighted by Gasteiger charge is 2.32. The minimum absolute atomic E-state index is 0.0745. The minimum Gasteiger partial charge on any atom is -0.457 e. The number of rotatable bonds is 8. The molecule has 38 heavy (non-hydrogen) atoms. The number of halogens is 4. The van der Waals surface area contributed by atoms with Crippen molar-refractivity contribution in [1.82, 2.24) is 0 Å². The molecule has 4 aromatic rings. The summed E-state index contributed by atoms with van der Waals surface area (Å²) in [5, 5.41) is 2.16. The Morgan fingerprint density at radius 3 is 2.03 bits per heavy atom. The van der Waals surface area contributed by atoms with Crippen LogP contribution in [-0.4, -0.2) is 20.9 Å². The van der Waals surface area contributed by atoms with Gasteiger partial charge in [-0.2, -0.15) is 13.2 Å². The molecule has 0 aliphatic carbocycles. The minimum atomic E-state index is -4.66. The molecule has 0 bridgehead atoms. The molecule has 196 valence electrons. The summed E-state index contributed by atoms with van der Waals surface area (Å²) in [6.45, 7) is -0.733. The molecule has 4 rings (SSSR count). The number of ether oxygens (including phenoxy) is 1. The summed E-state index contributed by atoms with van der Waals surface area (Å²) >= 11 is 5.99. The molecule has 4 aromatic carbocycles. The number of sulfonamides is 1. The van der Waals surface area contributed by atoms with E-state index < -0.39 is 34.2 Å². The molecule has 0 aliphatic heterocycles. The topological polar surface area (TPSA) is 75.7 Å². The van der Waals surface area contributed by atoms with E-state index in [1.807, 2.05) is 6.07 Å². The first-order valence-electron chi connectivity index (χ1n) is 11.1. The van der Waals surface area contributed by atoms with Crippen molar-refractivity contribution in [1.29, 1.82) is 0 Å². The van der Waals surface area contributed by atoms with Crippen LogP contribution in [0.1, 0.15) is 5.56 Å². The summed E-state index contributed by atoms with van der Waals surface area (Å²) in [6.07, 6.45) is -4.66. The van der Waals surface area contributed by atoms with Gasteiger partial charge in [-0.1, -0.05) is 48.0 Å². The van der Waals surface area contributed by atoms with E-state index in [4.69, 9.17) is 16.3 Å². The Balaban J connectivity index is 1.63. The van der Waals surface area contributed by atoms with E-state index >= 15 is 0 Å². The fourth-order valence-electron chi connectivity index (χ4n) is 3.46. The third-order valence-corrected chi connectivity index (χ3v) is 7.41. The highest BCUT2D eigenvalue weighted by Crippen LogP contribution is 2.34. The van der Waals surface area contributed by atoms with Crippen molar-refractivity contribution in [3.8, 4) is 11.5 Å². The van der Waals surface area contributed by atoms with Gasteiger partial charge in [0, 0.05) is 0 Å². The third kappa shape index (κ3) is 6.45. The van der Waals surface area contributed by atoms with Crippen molar-refractivity contribution >= 4 is 38.9 Å². The number of carbonyl (C=O) groups is 1. The molecule has 0 radical (unpaired) electrons. The summed E-state index contributed by atoms with van der Waals surface area (Å²) in [4.78, 5) is 12.8. The summed E-state index contributed by atoms with van der Waals surface area (Å²) < 4.78 is 73.0. The predicted octanol–water partition coefficient (Wildman–Crippen LogP) is 6.99. The smallest absolute Gasteiger partial charge is 0.416 e. The maximum atomic E-state index is 13.5. The van der Waals surface area contributed by atoms with Gasteiger partial charge in [0.15, 0.2) is 0 Å². The van der Waals surface area contributed by atoms with E-state index in [2.05, 4.69) is 5.32 Å². The van der Waals surface area contributed by atoms with Gasteiger partial charge >= 0.3 is 6.18 Å². The Labute approximate surface area is 222 Å². The van der Waals surface area contributed by atoms with Crippen molar-refractivity contribution in [2.75, 3.05) is 16.2 Å². The van der Waals surface area contributed by atoms with E-state index in [1.165, 1.54) is 48.5 Å². The fourth-order valence-corrected chi connectivity index (χ4v) is 5.06. The zero-order valence-electron chi connectivity index (χ0n) is 19.5. The first-order valence-corrected chi connectivity index (χ1v) is 12.9. The predicted molar refractivity (Wildman–Crippen MR) is 139 cm³/mol. The lowest BCUT2D eigenvalue weighted by Gasteiger charge is -2.24. The van der Waals surface area contributed by atoms with Crippen molar-refractivity contribution in [2.24, 2.45) is 0 Å². The van der Waals surface area contributed by atoms with Gasteiger partial charge in [0.1, 0.15) is 18.0 Å². The summed E-state index contributed by atoms with van der Waals surface area (Å²) in [5.74, 6) is 0.110. The molecule has 0 saturated heterocycles. The van der Waals surface area contributed by atoms with Crippen LogP contribution in [0.2, 0.25) is 5.02 Å². The van der Waals surface area contributed by atoms with E-state index in [9.17, 15) is 26.4 Å². The molecule has 0 spiro atoms. The molecule has 0 atom stereocenters. The number of amides is 1. The lowest BCUT2D eigenvalue weighted by Crippen LogP contribution is -2.38. The second-order valence-corrected chi connectivity index (χ2v) is 10.2. The van der Waals surface area contributed by atoms with E-state index in [0.29, 0.717) is 17.6 Å². The molecule has 6 nitrogen and oxygen atoms in total. The van der Waals surface area contributed by atoms with Gasteiger partial charge < -0.3 is 10.1 Å². The van der Waals surface area contributed by atoms with Gasteiger partial charge in [-0.05, 0) is 66.7 Å². The van der Waals surface area contributed by atoms with Crippen LogP contribution in [0, 0.1) is 0 Å². The lowest BCUT2D eigenvalue weighted by molar-refractivity contribution is -0.137. The van der Waals surface area contributed by atoms with Crippen molar-refractivity contribution in [3.63, 3.8) is 0 Å². The number of alkyl halides is 3. The van der Waals surface area contributed by atoms with Crippen LogP contribution in [0.15, 0.2) is 108 Å². The number of anilines is 2. The number of para-hydroxylation sites is 1. The molecular weight excluding hydrogens is 541 g/mol. The van der Waals surface area contributed by atoms with Crippen molar-refractivity contribution < 1.29 is 31.1 Å². The molecule has 0 fully saturated rings. The maximum absolute atomic E-state index is 13.5. The lowest BCUT2D eigenvalue weighted by atomic mass is 10.2. The Bertz CT molecular complexity index is 1520. The molecule has 0 saturated carbocycles. The molecule has 1 N–H and O–H groups in total. The molecule has 1 amide bonds. The van der Waals surface area contributed by atoms with Gasteiger partial charge in [-0.25, -0.2) is 8.42 Å². The van der Waals surface area contributed by atoms with Crippen LogP contribution < -0.4 is 14.4 Å². The van der Waals surface area contributed by atoms with Crippen LogP contribution in [0.5, 0.6) is 11.5 Å². The number of nitrogens with one attached hydrogen (secondary N) is 1. The zero-order chi connectivity index (χ0) is 27.3. The quantitative estimate of drug-likeness (QED) is 0.252. The standard InChI is InChI=1S/C27H20ClF3N2O4S/c28-24-16-11-19(27(29,30)31)17-25(24)32-26(34)18-33(38(35,36)23-9-5-2-6-10-23)20-12-14-22(15-13-20)37-21-7-3-1-4-8-21/h1-17H,18H2,(H,32,34). The second-order valence-electron chi connectivity index (χ2n) is 7.97. The van der Waals surface area contributed by atoms with E-state index in [1.54, 1.807) is 30.3 Å². The number of benzene rings is 4. The molecule has 0 heterocycles. The van der Waals surface area contributed by atoms with Crippen LogP contribution in [-0.2, 0) is 21.0 Å². The average Bonchev–Trinajstić information content (AvgIpc) is 2.89. The molecular formula is C27H20ClF3N2O4S. The third-order valence-electron chi connectivity index (χ3n) is 5.29. The van der Waals surface area contributed by atoms with Crippen LogP contribution >= 0.6 is 11.6 Å². The van der Waals surface area contributed by atoms with Crippen LogP contribution in [0.3, 0.4) is 0 Å². The molecule has 11 heteroatoms. The number of nitrogens with zero attached hydrogens (tertiary/aromatic N) is 1. The maximum Gasteiger partial charge on any atom is 0.416 e. The number of hydrogen-bond acceptors (Lipinski definition) is 4. The monoisotopic (exact) mass is 560 g/mol. The summed E-state index contributed by atoms with van der Waals surface area (Å²) in [7, 11) is -4.24. The summed E-state index contributed by atoms with van der Waals surface area (Å²) in [6, 6.07) is 24.9. The number of carbonyl (C=O) groups excluding carboxylic acids is 1. The van der Waals surface area contributed by atoms with Gasteiger partial charge in [-0.15, -0.1) is 0 Å². The SMILES string of the molecule is O=C(CN(c1ccc(Oc2ccccc2)cc1)S(=O)(=O)c1ccccc1)Nc1cc(C(F)(F)F)ccc1Cl. The second kappa shape index (κ2) is 11.2. The average molecular weight is 561 g/mol. The highest BCUT2D eigenvalue weighted by atomic mass is 35.5. The van der Waals surface area contributed by atoms with Crippen molar-refractivity contribution in [3.05, 3.63) is 114 Å². The van der Waals surface area contributed by atoms with Crippen LogP contribution in [0.25, 0.3) is 0 Å². The molecule has 0 aromatic heterocycles. The Hall–Kier alpha value is -4.02.